The van der Waals surface area contributed by atoms with Crippen LogP contribution in [0.5, 0.6) is 0 Å². The number of hydrogen-bond donors (Lipinski definition) is 0. The van der Waals surface area contributed by atoms with Crippen LogP contribution in [-0.2, 0) is 14.4 Å². The number of carboxylic acids is 1. The number of hydrogen-bond acceptors (Lipinski definition) is 4. The maximum atomic E-state index is 12.2. The van der Waals surface area contributed by atoms with Crippen LogP contribution in [-0.4, -0.2) is 29.2 Å². The Morgan fingerprint density at radius 1 is 1.53 bits per heavy atom. The molecule has 0 aromatic carbocycles. The molecular weight excluding hydrogens is 222 g/mol. The number of likely N-dealkylation sites (tertiary alicyclic amines) is 1. The largest absolute Gasteiger partial charge is 0.548 e. The SMILES string of the molecule is C[C@@]12C(=O)N(CC(=O)[O-])C(=O)[C@@H]1[C@@H]1C=C[C@H]2C1. The number of carbonyl (C=O) groups excluding carboxylic acids is 3. The Morgan fingerprint density at radius 3 is 2.82 bits per heavy atom. The third kappa shape index (κ3) is 1.06. The average Bonchev–Trinajstić information content (AvgIpc) is 2.87. The lowest BCUT2D eigenvalue weighted by atomic mass is 9.71. The number of nitrogens with zero attached hydrogens (tertiary/aromatic N) is 1. The van der Waals surface area contributed by atoms with Crippen molar-refractivity contribution in [2.24, 2.45) is 23.2 Å². The Bertz CT molecular complexity index is 469. The second kappa shape index (κ2) is 2.97. The lowest BCUT2D eigenvalue weighted by molar-refractivity contribution is -0.305. The van der Waals surface area contributed by atoms with Gasteiger partial charge in [0.05, 0.1) is 23.8 Å². The minimum atomic E-state index is -1.39. The number of imide groups is 1. The molecule has 0 spiro atoms. The van der Waals surface area contributed by atoms with E-state index in [1.165, 1.54) is 0 Å². The van der Waals surface area contributed by atoms with Gasteiger partial charge in [-0.15, -0.1) is 0 Å². The summed E-state index contributed by atoms with van der Waals surface area (Å²) in [6.07, 6.45) is 4.79. The van der Waals surface area contributed by atoms with Gasteiger partial charge in [-0.2, -0.15) is 0 Å². The number of carboxylic acid groups (broad SMARTS) is 1. The highest BCUT2D eigenvalue weighted by Gasteiger charge is 2.66. The van der Waals surface area contributed by atoms with Crippen molar-refractivity contribution in [2.75, 3.05) is 6.54 Å². The number of allylic oxidation sites excluding steroid dienone is 2. The second-order valence-electron chi connectivity index (χ2n) is 5.25. The Labute approximate surface area is 98.1 Å². The number of carbonyl (C=O) groups is 3. The van der Waals surface area contributed by atoms with Crippen LogP contribution in [0.4, 0.5) is 0 Å². The molecule has 0 aromatic heterocycles. The van der Waals surface area contributed by atoms with Gasteiger partial charge < -0.3 is 9.90 Å². The van der Waals surface area contributed by atoms with Crippen LogP contribution < -0.4 is 5.11 Å². The molecular formula is C12H12NO4-. The van der Waals surface area contributed by atoms with Crippen molar-refractivity contribution in [1.29, 1.82) is 0 Å². The molecule has 5 heteroatoms. The van der Waals surface area contributed by atoms with Crippen molar-refractivity contribution in [3.05, 3.63) is 12.2 Å². The van der Waals surface area contributed by atoms with E-state index in [1.54, 1.807) is 6.92 Å². The van der Waals surface area contributed by atoms with E-state index in [4.69, 9.17) is 0 Å². The molecule has 2 amide bonds. The van der Waals surface area contributed by atoms with E-state index in [0.29, 0.717) is 0 Å². The normalized spacial score (nSPS) is 42.4. The number of aliphatic carboxylic acids is 1. The van der Waals surface area contributed by atoms with Crippen LogP contribution in [0.3, 0.4) is 0 Å². The zero-order valence-electron chi connectivity index (χ0n) is 9.38. The third-order valence-corrected chi connectivity index (χ3v) is 4.49. The molecule has 1 aliphatic heterocycles. The summed E-state index contributed by atoms with van der Waals surface area (Å²) in [6.45, 7) is 1.16. The molecule has 1 heterocycles. The van der Waals surface area contributed by atoms with Gasteiger partial charge in [0, 0.05) is 0 Å². The standard InChI is InChI=1S/C12H13NO4/c1-12-7-3-2-6(4-7)9(12)10(16)13(11(12)17)5-8(14)15/h2-3,6-7,9H,4-5H2,1H3,(H,14,15)/p-1/t6-,7+,9+,12+/m1/s1. The van der Waals surface area contributed by atoms with Crippen LogP contribution in [0.15, 0.2) is 12.2 Å². The molecule has 3 rings (SSSR count). The van der Waals surface area contributed by atoms with Gasteiger partial charge in [-0.1, -0.05) is 12.2 Å². The summed E-state index contributed by atoms with van der Waals surface area (Å²) in [5.41, 5.74) is -0.730. The highest BCUT2D eigenvalue weighted by molar-refractivity contribution is 6.10. The number of fused-ring (bicyclic) bond motifs is 5. The molecule has 4 atom stereocenters. The van der Waals surface area contributed by atoms with E-state index >= 15 is 0 Å². The van der Waals surface area contributed by atoms with E-state index in [-0.39, 0.29) is 29.6 Å². The first-order valence-corrected chi connectivity index (χ1v) is 5.70. The molecule has 90 valence electrons. The molecule has 17 heavy (non-hydrogen) atoms. The number of amides is 2. The smallest absolute Gasteiger partial charge is 0.236 e. The van der Waals surface area contributed by atoms with Gasteiger partial charge >= 0.3 is 0 Å². The topological polar surface area (TPSA) is 77.5 Å². The Kier molecular flexibility index (Phi) is 1.83. The van der Waals surface area contributed by atoms with E-state index in [2.05, 4.69) is 0 Å². The lowest BCUT2D eigenvalue weighted by Crippen LogP contribution is -2.43. The van der Waals surface area contributed by atoms with Crippen molar-refractivity contribution in [3.8, 4) is 0 Å². The molecule has 2 aliphatic carbocycles. The number of rotatable bonds is 2. The molecule has 0 N–H and O–H groups in total. The van der Waals surface area contributed by atoms with E-state index in [0.717, 1.165) is 11.3 Å². The van der Waals surface area contributed by atoms with Crippen molar-refractivity contribution >= 4 is 17.8 Å². The van der Waals surface area contributed by atoms with Crippen molar-refractivity contribution in [2.45, 2.75) is 13.3 Å². The fraction of sp³-hybridized carbons (Fsp3) is 0.583. The molecule has 0 unspecified atom stereocenters. The van der Waals surface area contributed by atoms with E-state index < -0.39 is 17.9 Å². The van der Waals surface area contributed by atoms with Crippen molar-refractivity contribution in [1.82, 2.24) is 4.90 Å². The molecule has 1 saturated carbocycles. The maximum absolute atomic E-state index is 12.2. The molecule has 2 bridgehead atoms. The molecule has 5 nitrogen and oxygen atoms in total. The fourth-order valence-corrected chi connectivity index (χ4v) is 3.66. The van der Waals surface area contributed by atoms with Crippen molar-refractivity contribution in [3.63, 3.8) is 0 Å². The summed E-state index contributed by atoms with van der Waals surface area (Å²) in [7, 11) is 0. The monoisotopic (exact) mass is 234 g/mol. The zero-order chi connectivity index (χ0) is 12.4. The summed E-state index contributed by atoms with van der Waals surface area (Å²) in [5.74, 6) is -2.30. The minimum Gasteiger partial charge on any atom is -0.548 e. The summed E-state index contributed by atoms with van der Waals surface area (Å²) >= 11 is 0. The summed E-state index contributed by atoms with van der Waals surface area (Å²) in [6, 6.07) is 0. The van der Waals surface area contributed by atoms with E-state index in [9.17, 15) is 19.5 Å². The van der Waals surface area contributed by atoms with Gasteiger partial charge in [0.2, 0.25) is 11.8 Å². The minimum absolute atomic E-state index is 0.0701. The first kappa shape index (κ1) is 10.5. The highest BCUT2D eigenvalue weighted by Crippen LogP contribution is 2.60. The fourth-order valence-electron chi connectivity index (χ4n) is 3.66. The van der Waals surface area contributed by atoms with Crippen LogP contribution in [0.25, 0.3) is 0 Å². The molecule has 3 aliphatic rings. The predicted octanol–water partition coefficient (Wildman–Crippen LogP) is -1.07. The molecule has 2 fully saturated rings. The van der Waals surface area contributed by atoms with Gasteiger partial charge in [0.15, 0.2) is 0 Å². The summed E-state index contributed by atoms with van der Waals surface area (Å²) in [5, 5.41) is 10.6. The van der Waals surface area contributed by atoms with Gasteiger partial charge in [-0.05, 0) is 25.2 Å². The first-order chi connectivity index (χ1) is 7.96. The molecule has 0 radical (unpaired) electrons. The van der Waals surface area contributed by atoms with Gasteiger partial charge in [-0.25, -0.2) is 0 Å². The quantitative estimate of drug-likeness (QED) is 0.450. The van der Waals surface area contributed by atoms with Gasteiger partial charge in [0.1, 0.15) is 0 Å². The second-order valence-corrected chi connectivity index (χ2v) is 5.25. The maximum Gasteiger partial charge on any atom is 0.236 e. The lowest BCUT2D eigenvalue weighted by Gasteiger charge is -2.28. The highest BCUT2D eigenvalue weighted by atomic mass is 16.4. The van der Waals surface area contributed by atoms with Gasteiger partial charge in [-0.3, -0.25) is 14.5 Å². The Balaban J connectivity index is 2.00. The zero-order valence-corrected chi connectivity index (χ0v) is 9.38. The average molecular weight is 234 g/mol. The van der Waals surface area contributed by atoms with Crippen LogP contribution in [0.2, 0.25) is 0 Å². The predicted molar refractivity (Wildman–Crippen MR) is 54.1 cm³/mol. The summed E-state index contributed by atoms with van der Waals surface area (Å²) < 4.78 is 0. The third-order valence-electron chi connectivity index (χ3n) is 4.49. The van der Waals surface area contributed by atoms with E-state index in [1.807, 2.05) is 12.2 Å². The van der Waals surface area contributed by atoms with Crippen LogP contribution in [0.1, 0.15) is 13.3 Å². The Morgan fingerprint density at radius 2 is 2.24 bits per heavy atom. The first-order valence-electron chi connectivity index (χ1n) is 5.70. The molecule has 0 aromatic rings. The van der Waals surface area contributed by atoms with Gasteiger partial charge in [0.25, 0.3) is 0 Å². The summed E-state index contributed by atoms with van der Waals surface area (Å²) in [4.78, 5) is 35.8. The molecule has 1 saturated heterocycles. The van der Waals surface area contributed by atoms with Crippen LogP contribution in [0, 0.1) is 23.2 Å². The van der Waals surface area contributed by atoms with Crippen molar-refractivity contribution < 1.29 is 19.5 Å². The van der Waals surface area contributed by atoms with Crippen LogP contribution >= 0.6 is 0 Å². The Hall–Kier alpha value is -1.65.